The van der Waals surface area contributed by atoms with Gasteiger partial charge in [0.2, 0.25) is 0 Å². The summed E-state index contributed by atoms with van der Waals surface area (Å²) in [5.41, 5.74) is 1.92. The number of rotatable bonds is 2. The van der Waals surface area contributed by atoms with E-state index in [1.807, 2.05) is 29.6 Å². The first kappa shape index (κ1) is 12.1. The summed E-state index contributed by atoms with van der Waals surface area (Å²) >= 11 is 3.93. The van der Waals surface area contributed by atoms with E-state index in [-0.39, 0.29) is 0 Å². The van der Waals surface area contributed by atoms with Crippen LogP contribution in [0.5, 0.6) is 0 Å². The number of halogens is 1. The van der Waals surface area contributed by atoms with Crippen molar-refractivity contribution in [3.63, 3.8) is 0 Å². The van der Waals surface area contributed by atoms with Gasteiger partial charge in [0.15, 0.2) is 0 Å². The van der Waals surface area contributed by atoms with E-state index in [1.54, 1.807) is 11.3 Å². The van der Waals surface area contributed by atoms with Gasteiger partial charge in [-0.15, -0.1) is 11.3 Å². The molecule has 1 atom stereocenters. The van der Waals surface area contributed by atoms with Gasteiger partial charge in [-0.2, -0.15) is 0 Å². The van der Waals surface area contributed by atoms with Crippen LogP contribution in [0.2, 0.25) is 0 Å². The largest absolute Gasteiger partial charge is 0.384 e. The van der Waals surface area contributed by atoms with Crippen molar-refractivity contribution in [2.75, 3.05) is 0 Å². The third-order valence-corrected chi connectivity index (χ3v) is 4.80. The fraction of sp³-hybridized carbons (Fsp3) is 0.0667. The zero-order valence-electron chi connectivity index (χ0n) is 9.51. The van der Waals surface area contributed by atoms with E-state index in [1.165, 1.54) is 13.7 Å². The zero-order valence-corrected chi connectivity index (χ0v) is 12.5. The standard InChI is InChI=1S/C15H11IOS/c16-14-8-13(9-18-14)15(17)12-6-5-10-3-1-2-4-11(10)7-12/h1-9,15,17H. The number of aliphatic hydroxyl groups is 1. The first-order chi connectivity index (χ1) is 8.74. The normalized spacial score (nSPS) is 12.8. The number of aliphatic hydroxyl groups excluding tert-OH is 1. The Morgan fingerprint density at radius 1 is 0.944 bits per heavy atom. The average Bonchev–Trinajstić information content (AvgIpc) is 2.84. The second-order valence-corrected chi connectivity index (χ2v) is 7.00. The zero-order chi connectivity index (χ0) is 12.5. The van der Waals surface area contributed by atoms with Crippen molar-refractivity contribution in [2.24, 2.45) is 0 Å². The maximum atomic E-state index is 10.4. The SMILES string of the molecule is OC(c1csc(I)c1)c1ccc2ccccc2c1. The summed E-state index contributed by atoms with van der Waals surface area (Å²) < 4.78 is 1.20. The molecule has 3 heteroatoms. The summed E-state index contributed by atoms with van der Waals surface area (Å²) in [5.74, 6) is 0. The Balaban J connectivity index is 2.03. The lowest BCUT2D eigenvalue weighted by molar-refractivity contribution is 0.221. The molecule has 0 saturated carbocycles. The lowest BCUT2D eigenvalue weighted by atomic mass is 10.0. The van der Waals surface area contributed by atoms with Crippen molar-refractivity contribution < 1.29 is 5.11 Å². The summed E-state index contributed by atoms with van der Waals surface area (Å²) in [5, 5.41) is 14.8. The molecule has 3 rings (SSSR count). The van der Waals surface area contributed by atoms with Gasteiger partial charge in [-0.05, 0) is 62.0 Å². The molecule has 1 nitrogen and oxygen atoms in total. The quantitative estimate of drug-likeness (QED) is 0.658. The predicted molar refractivity (Wildman–Crippen MR) is 85.0 cm³/mol. The van der Waals surface area contributed by atoms with Crippen LogP contribution in [0.3, 0.4) is 0 Å². The lowest BCUT2D eigenvalue weighted by Gasteiger charge is -2.10. The van der Waals surface area contributed by atoms with Gasteiger partial charge >= 0.3 is 0 Å². The summed E-state index contributed by atoms with van der Waals surface area (Å²) in [6, 6.07) is 16.4. The lowest BCUT2D eigenvalue weighted by Crippen LogP contribution is -1.97. The molecule has 0 aliphatic carbocycles. The second-order valence-electron chi connectivity index (χ2n) is 4.19. The molecule has 1 aromatic heterocycles. The van der Waals surface area contributed by atoms with Crippen LogP contribution in [0.4, 0.5) is 0 Å². The number of fused-ring (bicyclic) bond motifs is 1. The smallest absolute Gasteiger partial charge is 0.105 e. The second kappa shape index (κ2) is 4.99. The molecule has 1 heterocycles. The summed E-state index contributed by atoms with van der Waals surface area (Å²) in [4.78, 5) is 0. The first-order valence-electron chi connectivity index (χ1n) is 5.65. The minimum absolute atomic E-state index is 0.533. The maximum absolute atomic E-state index is 10.4. The van der Waals surface area contributed by atoms with Crippen LogP contribution < -0.4 is 0 Å². The molecular formula is C15H11IOS. The van der Waals surface area contributed by atoms with Crippen molar-refractivity contribution in [1.82, 2.24) is 0 Å². The molecule has 0 radical (unpaired) electrons. The minimum atomic E-state index is -0.533. The predicted octanol–water partition coefficient (Wildman–Crippen LogP) is 4.59. The van der Waals surface area contributed by atoms with Crippen molar-refractivity contribution >= 4 is 44.7 Å². The third-order valence-electron chi connectivity index (χ3n) is 2.99. The van der Waals surface area contributed by atoms with E-state index in [0.29, 0.717) is 0 Å². The Kier molecular flexibility index (Phi) is 3.37. The van der Waals surface area contributed by atoms with Gasteiger partial charge in [0.25, 0.3) is 0 Å². The highest BCUT2D eigenvalue weighted by molar-refractivity contribution is 14.1. The first-order valence-corrected chi connectivity index (χ1v) is 7.60. The van der Waals surface area contributed by atoms with Gasteiger partial charge < -0.3 is 5.11 Å². The molecule has 0 fully saturated rings. The van der Waals surface area contributed by atoms with Crippen molar-refractivity contribution in [3.8, 4) is 0 Å². The Morgan fingerprint density at radius 3 is 2.44 bits per heavy atom. The molecule has 1 unspecified atom stereocenters. The number of hydrogen-bond donors (Lipinski definition) is 1. The van der Waals surface area contributed by atoms with Gasteiger partial charge in [0.1, 0.15) is 6.10 Å². The van der Waals surface area contributed by atoms with Gasteiger partial charge in [-0.3, -0.25) is 0 Å². The summed E-state index contributed by atoms with van der Waals surface area (Å²) in [6.45, 7) is 0. The molecule has 0 saturated heterocycles. The van der Waals surface area contributed by atoms with Gasteiger partial charge in [0.05, 0.1) is 2.88 Å². The van der Waals surface area contributed by atoms with Crippen LogP contribution in [0.1, 0.15) is 17.2 Å². The molecule has 1 N–H and O–H groups in total. The Bertz CT molecular complexity index is 690. The maximum Gasteiger partial charge on any atom is 0.105 e. The topological polar surface area (TPSA) is 20.2 Å². The molecule has 0 amide bonds. The summed E-state index contributed by atoms with van der Waals surface area (Å²) in [7, 11) is 0. The van der Waals surface area contributed by atoms with E-state index in [9.17, 15) is 5.11 Å². The van der Waals surface area contributed by atoms with Crippen LogP contribution in [0.25, 0.3) is 10.8 Å². The van der Waals surface area contributed by atoms with Crippen molar-refractivity contribution in [3.05, 3.63) is 67.9 Å². The van der Waals surface area contributed by atoms with Crippen molar-refractivity contribution in [2.45, 2.75) is 6.10 Å². The fourth-order valence-electron chi connectivity index (χ4n) is 2.04. The van der Waals surface area contributed by atoms with E-state index in [2.05, 4.69) is 46.9 Å². The van der Waals surface area contributed by atoms with Crippen LogP contribution in [-0.2, 0) is 0 Å². The molecule has 0 aliphatic rings. The van der Waals surface area contributed by atoms with Gasteiger partial charge in [-0.25, -0.2) is 0 Å². The molecule has 0 bridgehead atoms. The monoisotopic (exact) mass is 366 g/mol. The average molecular weight is 366 g/mol. The van der Waals surface area contributed by atoms with Crippen LogP contribution >= 0.6 is 33.9 Å². The van der Waals surface area contributed by atoms with E-state index in [4.69, 9.17) is 0 Å². The Hall–Kier alpha value is -0.910. The number of benzene rings is 2. The number of thiophene rings is 1. The van der Waals surface area contributed by atoms with E-state index >= 15 is 0 Å². The molecular weight excluding hydrogens is 355 g/mol. The molecule has 0 spiro atoms. The van der Waals surface area contributed by atoms with Crippen LogP contribution in [-0.4, -0.2) is 5.11 Å². The van der Waals surface area contributed by atoms with Crippen molar-refractivity contribution in [1.29, 1.82) is 0 Å². The summed E-state index contributed by atoms with van der Waals surface area (Å²) in [6.07, 6.45) is -0.533. The molecule has 3 aromatic rings. The highest BCUT2D eigenvalue weighted by Gasteiger charge is 2.12. The van der Waals surface area contributed by atoms with Gasteiger partial charge in [0, 0.05) is 0 Å². The highest BCUT2D eigenvalue weighted by Crippen LogP contribution is 2.29. The Labute approximate surface area is 123 Å². The Morgan fingerprint density at radius 2 is 1.72 bits per heavy atom. The van der Waals surface area contributed by atoms with E-state index < -0.39 is 6.10 Å². The molecule has 0 aliphatic heterocycles. The molecule has 90 valence electrons. The minimum Gasteiger partial charge on any atom is -0.384 e. The van der Waals surface area contributed by atoms with Gasteiger partial charge in [-0.1, -0.05) is 36.4 Å². The highest BCUT2D eigenvalue weighted by atomic mass is 127. The molecule has 2 aromatic carbocycles. The number of hydrogen-bond acceptors (Lipinski definition) is 2. The molecule has 18 heavy (non-hydrogen) atoms. The van der Waals surface area contributed by atoms with E-state index in [0.717, 1.165) is 11.1 Å². The third kappa shape index (κ3) is 2.30. The van der Waals surface area contributed by atoms with Crippen LogP contribution in [0, 0.1) is 2.88 Å². The van der Waals surface area contributed by atoms with Crippen LogP contribution in [0.15, 0.2) is 53.9 Å². The fourth-order valence-corrected chi connectivity index (χ4v) is 3.43.